The van der Waals surface area contributed by atoms with Gasteiger partial charge in [0.2, 0.25) is 0 Å². The summed E-state index contributed by atoms with van der Waals surface area (Å²) in [4.78, 5) is 0. The number of hydrogen-bond acceptors (Lipinski definition) is 4. The highest BCUT2D eigenvalue weighted by molar-refractivity contribution is 7.91. The van der Waals surface area contributed by atoms with Crippen molar-refractivity contribution in [3.05, 3.63) is 0 Å². The van der Waals surface area contributed by atoms with Crippen LogP contribution in [0.1, 0.15) is 6.42 Å². The van der Waals surface area contributed by atoms with E-state index < -0.39 is 9.84 Å². The summed E-state index contributed by atoms with van der Waals surface area (Å²) in [5.41, 5.74) is 0. The van der Waals surface area contributed by atoms with E-state index in [1.54, 1.807) is 0 Å². The molecule has 0 bridgehead atoms. The highest BCUT2D eigenvalue weighted by Gasteiger charge is 2.23. The molecule has 0 saturated carbocycles. The van der Waals surface area contributed by atoms with Gasteiger partial charge >= 0.3 is 0 Å². The zero-order valence-electron chi connectivity index (χ0n) is 6.99. The number of rotatable bonds is 5. The van der Waals surface area contributed by atoms with Crippen molar-refractivity contribution in [1.29, 1.82) is 0 Å². The van der Waals surface area contributed by atoms with Gasteiger partial charge in [-0.05, 0) is 12.3 Å². The van der Waals surface area contributed by atoms with Crippen molar-refractivity contribution in [3.63, 3.8) is 0 Å². The highest BCUT2D eigenvalue weighted by Crippen LogP contribution is 2.07. The molecule has 0 atom stereocenters. The van der Waals surface area contributed by atoms with Crippen molar-refractivity contribution in [3.8, 4) is 0 Å². The Labute approximate surface area is 72.9 Å². The number of sulfone groups is 1. The second kappa shape index (κ2) is 4.20. The molecule has 1 fully saturated rings. The summed E-state index contributed by atoms with van der Waals surface area (Å²) in [7, 11) is -2.90. The first-order valence-electron chi connectivity index (χ1n) is 4.16. The molecular weight excluding hydrogens is 178 g/mol. The van der Waals surface area contributed by atoms with Gasteiger partial charge < -0.3 is 10.4 Å². The van der Waals surface area contributed by atoms with Gasteiger partial charge in [-0.15, -0.1) is 0 Å². The molecule has 1 aliphatic heterocycles. The zero-order chi connectivity index (χ0) is 9.03. The number of hydrogen-bond donors (Lipinski definition) is 2. The first-order valence-corrected chi connectivity index (χ1v) is 5.98. The average molecular weight is 193 g/mol. The molecule has 0 aromatic carbocycles. The summed E-state index contributed by atoms with van der Waals surface area (Å²) in [6, 6.07) is 0. The quantitative estimate of drug-likeness (QED) is 0.588. The molecule has 1 heterocycles. The van der Waals surface area contributed by atoms with E-state index in [-0.39, 0.29) is 18.1 Å². The van der Waals surface area contributed by atoms with Crippen LogP contribution in [0.25, 0.3) is 0 Å². The van der Waals surface area contributed by atoms with Crippen LogP contribution in [0, 0.1) is 5.92 Å². The van der Waals surface area contributed by atoms with E-state index in [1.165, 1.54) is 0 Å². The molecule has 1 aliphatic rings. The zero-order valence-corrected chi connectivity index (χ0v) is 7.81. The van der Waals surface area contributed by atoms with E-state index in [0.717, 1.165) is 13.1 Å². The maximum absolute atomic E-state index is 11.3. The Morgan fingerprint density at radius 3 is 2.50 bits per heavy atom. The van der Waals surface area contributed by atoms with E-state index >= 15 is 0 Å². The molecule has 5 heteroatoms. The van der Waals surface area contributed by atoms with Crippen LogP contribution in [-0.4, -0.2) is 44.7 Å². The molecule has 1 rings (SSSR count). The second-order valence-electron chi connectivity index (χ2n) is 3.22. The Hall–Kier alpha value is -0.130. The first-order chi connectivity index (χ1) is 5.64. The minimum absolute atomic E-state index is 0.0395. The Morgan fingerprint density at radius 1 is 1.42 bits per heavy atom. The SMILES string of the molecule is O=S(=O)(CCCO)CC1CNC1. The van der Waals surface area contributed by atoms with Gasteiger partial charge in [0, 0.05) is 19.7 Å². The van der Waals surface area contributed by atoms with E-state index in [4.69, 9.17) is 5.11 Å². The van der Waals surface area contributed by atoms with Crippen molar-refractivity contribution in [2.45, 2.75) is 6.42 Å². The maximum atomic E-state index is 11.3. The molecule has 0 radical (unpaired) electrons. The van der Waals surface area contributed by atoms with Crippen LogP contribution in [-0.2, 0) is 9.84 Å². The fourth-order valence-corrected chi connectivity index (χ4v) is 2.88. The fraction of sp³-hybridized carbons (Fsp3) is 1.00. The van der Waals surface area contributed by atoms with Gasteiger partial charge in [0.1, 0.15) is 0 Å². The lowest BCUT2D eigenvalue weighted by molar-refractivity contribution is 0.295. The second-order valence-corrected chi connectivity index (χ2v) is 5.44. The van der Waals surface area contributed by atoms with E-state index in [1.807, 2.05) is 0 Å². The minimum Gasteiger partial charge on any atom is -0.396 e. The van der Waals surface area contributed by atoms with Crippen LogP contribution in [0.4, 0.5) is 0 Å². The third kappa shape index (κ3) is 3.08. The Balaban J connectivity index is 2.27. The molecule has 0 aromatic rings. The largest absolute Gasteiger partial charge is 0.396 e. The molecule has 0 spiro atoms. The highest BCUT2D eigenvalue weighted by atomic mass is 32.2. The van der Waals surface area contributed by atoms with Crippen LogP contribution >= 0.6 is 0 Å². The topological polar surface area (TPSA) is 66.4 Å². The van der Waals surface area contributed by atoms with Gasteiger partial charge in [0.15, 0.2) is 9.84 Å². The van der Waals surface area contributed by atoms with Crippen molar-refractivity contribution in [2.75, 3.05) is 31.2 Å². The molecule has 4 nitrogen and oxygen atoms in total. The molecule has 0 amide bonds. The number of nitrogens with one attached hydrogen (secondary N) is 1. The Morgan fingerprint density at radius 2 is 2.08 bits per heavy atom. The molecular formula is C7H15NO3S. The van der Waals surface area contributed by atoms with Gasteiger partial charge in [-0.2, -0.15) is 0 Å². The Bertz CT molecular complexity index is 221. The van der Waals surface area contributed by atoms with Crippen molar-refractivity contribution < 1.29 is 13.5 Å². The van der Waals surface area contributed by atoms with Gasteiger partial charge in [0.25, 0.3) is 0 Å². The van der Waals surface area contributed by atoms with Gasteiger partial charge in [-0.25, -0.2) is 8.42 Å². The molecule has 0 aliphatic carbocycles. The Kier molecular flexibility index (Phi) is 3.49. The average Bonchev–Trinajstić information content (AvgIpc) is 1.94. The first kappa shape index (κ1) is 9.95. The van der Waals surface area contributed by atoms with E-state index in [0.29, 0.717) is 12.3 Å². The van der Waals surface area contributed by atoms with Crippen LogP contribution in [0.15, 0.2) is 0 Å². The maximum Gasteiger partial charge on any atom is 0.150 e. The third-order valence-electron chi connectivity index (χ3n) is 1.97. The van der Waals surface area contributed by atoms with E-state index in [9.17, 15) is 8.42 Å². The van der Waals surface area contributed by atoms with Crippen LogP contribution in [0.3, 0.4) is 0 Å². The number of aliphatic hydroxyl groups is 1. The molecule has 1 saturated heterocycles. The lowest BCUT2D eigenvalue weighted by atomic mass is 10.1. The third-order valence-corrected chi connectivity index (χ3v) is 3.86. The smallest absolute Gasteiger partial charge is 0.150 e. The van der Waals surface area contributed by atoms with Gasteiger partial charge in [0.05, 0.1) is 11.5 Å². The van der Waals surface area contributed by atoms with Crippen LogP contribution < -0.4 is 5.32 Å². The molecule has 2 N–H and O–H groups in total. The van der Waals surface area contributed by atoms with Crippen LogP contribution in [0.5, 0.6) is 0 Å². The molecule has 0 aromatic heterocycles. The summed E-state index contributed by atoms with van der Waals surface area (Å²) in [5.74, 6) is 0.702. The van der Waals surface area contributed by atoms with Crippen molar-refractivity contribution in [1.82, 2.24) is 5.32 Å². The van der Waals surface area contributed by atoms with Crippen molar-refractivity contribution in [2.24, 2.45) is 5.92 Å². The number of aliphatic hydroxyl groups excluding tert-OH is 1. The molecule has 0 unspecified atom stereocenters. The predicted octanol–water partition coefficient (Wildman–Crippen LogP) is -0.997. The van der Waals surface area contributed by atoms with E-state index in [2.05, 4.69) is 5.32 Å². The lowest BCUT2D eigenvalue weighted by Gasteiger charge is -2.26. The summed E-state index contributed by atoms with van der Waals surface area (Å²) in [5, 5.41) is 11.5. The summed E-state index contributed by atoms with van der Waals surface area (Å²) in [6.07, 6.45) is 0.364. The van der Waals surface area contributed by atoms with Crippen LogP contribution in [0.2, 0.25) is 0 Å². The summed E-state index contributed by atoms with van der Waals surface area (Å²) < 4.78 is 22.5. The standard InChI is InChI=1S/C7H15NO3S/c9-2-1-3-12(10,11)6-7-4-8-5-7/h7-9H,1-6H2. The fourth-order valence-electron chi connectivity index (χ4n) is 1.19. The molecule has 12 heavy (non-hydrogen) atoms. The predicted molar refractivity (Wildman–Crippen MR) is 46.7 cm³/mol. The monoisotopic (exact) mass is 193 g/mol. The minimum atomic E-state index is -2.90. The summed E-state index contributed by atoms with van der Waals surface area (Å²) >= 11 is 0. The normalized spacial score (nSPS) is 19.1. The van der Waals surface area contributed by atoms with Gasteiger partial charge in [-0.3, -0.25) is 0 Å². The summed E-state index contributed by atoms with van der Waals surface area (Å²) in [6.45, 7) is 1.60. The lowest BCUT2D eigenvalue weighted by Crippen LogP contribution is -2.45. The molecule has 72 valence electrons. The van der Waals surface area contributed by atoms with Gasteiger partial charge in [-0.1, -0.05) is 0 Å². The van der Waals surface area contributed by atoms with Crippen molar-refractivity contribution >= 4 is 9.84 Å².